The highest BCUT2D eigenvalue weighted by molar-refractivity contribution is 5.74. The summed E-state index contributed by atoms with van der Waals surface area (Å²) >= 11 is 0. The van der Waals surface area contributed by atoms with Crippen LogP contribution in [0.4, 0.5) is 0 Å². The lowest BCUT2D eigenvalue weighted by atomic mass is 9.90. The quantitative estimate of drug-likeness (QED) is 0.476. The molecule has 4 nitrogen and oxygen atoms in total. The molecule has 0 bridgehead atoms. The van der Waals surface area contributed by atoms with Crippen molar-refractivity contribution in [2.45, 2.75) is 44.9 Å². The van der Waals surface area contributed by atoms with Crippen LogP contribution >= 0.6 is 0 Å². The summed E-state index contributed by atoms with van der Waals surface area (Å²) in [5.74, 6) is -0.296. The third kappa shape index (κ3) is 5.69. The van der Waals surface area contributed by atoms with Gasteiger partial charge >= 0.3 is 0 Å². The second kappa shape index (κ2) is 9.97. The van der Waals surface area contributed by atoms with Gasteiger partial charge in [-0.3, -0.25) is 10.0 Å². The Labute approximate surface area is 149 Å². The van der Waals surface area contributed by atoms with E-state index in [9.17, 15) is 9.90 Å². The fourth-order valence-corrected chi connectivity index (χ4v) is 3.10. The number of rotatable bonds is 9. The van der Waals surface area contributed by atoms with Crippen LogP contribution in [-0.4, -0.2) is 22.8 Å². The van der Waals surface area contributed by atoms with Crippen LogP contribution in [0.5, 0.6) is 0 Å². The molecule has 0 heterocycles. The van der Waals surface area contributed by atoms with Crippen molar-refractivity contribution < 1.29 is 15.1 Å². The summed E-state index contributed by atoms with van der Waals surface area (Å²) in [6, 6.07) is 16.9. The fourth-order valence-electron chi connectivity index (χ4n) is 3.10. The van der Waals surface area contributed by atoms with E-state index >= 15 is 0 Å². The number of aryl methyl sites for hydroxylation is 1. The number of hydrogen-bond acceptors (Lipinski definition) is 3. The summed E-state index contributed by atoms with van der Waals surface area (Å²) in [5.41, 5.74) is 6.45. The Bertz CT molecular complexity index is 650. The Morgan fingerprint density at radius 2 is 1.60 bits per heavy atom. The maximum atomic E-state index is 11.2. The summed E-state index contributed by atoms with van der Waals surface area (Å²) in [6.07, 6.45) is 3.68. The molecule has 0 saturated heterocycles. The highest BCUT2D eigenvalue weighted by Gasteiger charge is 2.13. The van der Waals surface area contributed by atoms with Crippen molar-refractivity contribution in [3.8, 4) is 11.1 Å². The molecule has 2 aromatic rings. The number of benzene rings is 2. The van der Waals surface area contributed by atoms with Crippen molar-refractivity contribution in [2.75, 3.05) is 6.61 Å². The third-order valence-electron chi connectivity index (χ3n) is 4.53. The molecule has 0 fully saturated rings. The van der Waals surface area contributed by atoms with Crippen molar-refractivity contribution in [3.63, 3.8) is 0 Å². The van der Waals surface area contributed by atoms with Crippen LogP contribution in [0.3, 0.4) is 0 Å². The SMILES string of the molecule is CCCc1ccc(-c2ccc(C(CCO)CCC(=O)NO)cc2)cc1. The van der Waals surface area contributed by atoms with Crippen molar-refractivity contribution in [2.24, 2.45) is 0 Å². The Hall–Kier alpha value is -2.17. The molecule has 1 atom stereocenters. The molecule has 1 amide bonds. The first kappa shape index (κ1) is 19.2. The van der Waals surface area contributed by atoms with E-state index in [2.05, 4.69) is 55.5 Å². The van der Waals surface area contributed by atoms with E-state index in [0.717, 1.165) is 24.0 Å². The Balaban J connectivity index is 2.09. The molecule has 2 aromatic carbocycles. The van der Waals surface area contributed by atoms with Gasteiger partial charge in [-0.1, -0.05) is 61.9 Å². The van der Waals surface area contributed by atoms with E-state index < -0.39 is 5.91 Å². The van der Waals surface area contributed by atoms with E-state index in [4.69, 9.17) is 5.21 Å². The van der Waals surface area contributed by atoms with Gasteiger partial charge in [0.2, 0.25) is 5.91 Å². The normalized spacial score (nSPS) is 12.0. The molecule has 1 unspecified atom stereocenters. The van der Waals surface area contributed by atoms with Crippen LogP contribution < -0.4 is 5.48 Å². The number of nitrogens with one attached hydrogen (secondary N) is 1. The molecule has 25 heavy (non-hydrogen) atoms. The van der Waals surface area contributed by atoms with Gasteiger partial charge in [-0.2, -0.15) is 0 Å². The molecule has 3 N–H and O–H groups in total. The van der Waals surface area contributed by atoms with Crippen molar-refractivity contribution >= 4 is 5.91 Å². The van der Waals surface area contributed by atoms with Gasteiger partial charge in [0, 0.05) is 13.0 Å². The number of aliphatic hydroxyl groups is 1. The first-order valence-electron chi connectivity index (χ1n) is 8.91. The van der Waals surface area contributed by atoms with E-state index in [1.807, 2.05) is 0 Å². The molecule has 2 rings (SSSR count). The minimum Gasteiger partial charge on any atom is -0.396 e. The van der Waals surface area contributed by atoms with E-state index in [-0.39, 0.29) is 18.9 Å². The molecule has 0 aliphatic rings. The minimum absolute atomic E-state index is 0.0754. The monoisotopic (exact) mass is 341 g/mol. The second-order valence-electron chi connectivity index (χ2n) is 6.35. The number of hydroxylamine groups is 1. The number of hydrogen-bond donors (Lipinski definition) is 3. The summed E-state index contributed by atoms with van der Waals surface area (Å²) in [7, 11) is 0. The standard InChI is InChI=1S/C21H27NO3/c1-2-3-16-4-6-17(7-5-16)18-8-10-19(11-9-18)20(14-15-23)12-13-21(24)22-25/h4-11,20,23,25H,2-3,12-15H2,1H3,(H,22,24). The Kier molecular flexibility index (Phi) is 7.64. The first-order chi connectivity index (χ1) is 12.2. The lowest BCUT2D eigenvalue weighted by Gasteiger charge is -2.16. The molecule has 134 valence electrons. The van der Waals surface area contributed by atoms with Gasteiger partial charge in [0.1, 0.15) is 0 Å². The van der Waals surface area contributed by atoms with Gasteiger partial charge in [-0.15, -0.1) is 0 Å². The molecule has 0 aliphatic carbocycles. The maximum Gasteiger partial charge on any atom is 0.243 e. The zero-order valence-electron chi connectivity index (χ0n) is 14.7. The topological polar surface area (TPSA) is 69.6 Å². The Morgan fingerprint density at radius 3 is 2.12 bits per heavy atom. The van der Waals surface area contributed by atoms with Gasteiger partial charge < -0.3 is 5.11 Å². The molecule has 0 spiro atoms. The summed E-state index contributed by atoms with van der Waals surface area (Å²) in [4.78, 5) is 11.2. The fraction of sp³-hybridized carbons (Fsp3) is 0.381. The van der Waals surface area contributed by atoms with Crippen LogP contribution in [-0.2, 0) is 11.2 Å². The van der Waals surface area contributed by atoms with Gasteiger partial charge in [0.25, 0.3) is 0 Å². The van der Waals surface area contributed by atoms with Gasteiger partial charge in [0.15, 0.2) is 0 Å². The number of amides is 1. The lowest BCUT2D eigenvalue weighted by Crippen LogP contribution is -2.19. The van der Waals surface area contributed by atoms with E-state index in [1.165, 1.54) is 11.1 Å². The van der Waals surface area contributed by atoms with Crippen LogP contribution in [0, 0.1) is 0 Å². The molecule has 0 saturated carbocycles. The summed E-state index contributed by atoms with van der Waals surface area (Å²) < 4.78 is 0. The number of carbonyl (C=O) groups excluding carboxylic acids is 1. The maximum absolute atomic E-state index is 11.2. The predicted octanol–water partition coefficient (Wildman–Crippen LogP) is 4.06. The van der Waals surface area contributed by atoms with Gasteiger partial charge in [0.05, 0.1) is 0 Å². The zero-order valence-corrected chi connectivity index (χ0v) is 14.7. The average molecular weight is 341 g/mol. The van der Waals surface area contributed by atoms with Crippen molar-refractivity contribution in [3.05, 3.63) is 59.7 Å². The molecule has 0 aliphatic heterocycles. The average Bonchev–Trinajstić information content (AvgIpc) is 2.66. The zero-order chi connectivity index (χ0) is 18.1. The van der Waals surface area contributed by atoms with Crippen molar-refractivity contribution in [1.82, 2.24) is 5.48 Å². The van der Waals surface area contributed by atoms with E-state index in [0.29, 0.717) is 12.8 Å². The van der Waals surface area contributed by atoms with Gasteiger partial charge in [-0.25, -0.2) is 5.48 Å². The third-order valence-corrected chi connectivity index (χ3v) is 4.53. The minimum atomic E-state index is -0.397. The summed E-state index contributed by atoms with van der Waals surface area (Å²) in [5, 5.41) is 17.9. The molecule has 0 radical (unpaired) electrons. The molecular formula is C21H27NO3. The van der Waals surface area contributed by atoms with Crippen LogP contribution in [0.1, 0.15) is 49.7 Å². The number of aliphatic hydroxyl groups excluding tert-OH is 1. The first-order valence-corrected chi connectivity index (χ1v) is 8.91. The largest absolute Gasteiger partial charge is 0.396 e. The Morgan fingerprint density at radius 1 is 1.00 bits per heavy atom. The summed E-state index contributed by atoms with van der Waals surface area (Å²) in [6.45, 7) is 2.26. The highest BCUT2D eigenvalue weighted by Crippen LogP contribution is 2.28. The van der Waals surface area contributed by atoms with E-state index in [1.54, 1.807) is 5.48 Å². The molecular weight excluding hydrogens is 314 g/mol. The lowest BCUT2D eigenvalue weighted by molar-refractivity contribution is -0.129. The predicted molar refractivity (Wildman–Crippen MR) is 99.5 cm³/mol. The van der Waals surface area contributed by atoms with Crippen LogP contribution in [0.25, 0.3) is 11.1 Å². The molecule has 0 aromatic heterocycles. The van der Waals surface area contributed by atoms with Crippen LogP contribution in [0.2, 0.25) is 0 Å². The molecule has 4 heteroatoms. The highest BCUT2D eigenvalue weighted by atomic mass is 16.5. The smallest absolute Gasteiger partial charge is 0.243 e. The van der Waals surface area contributed by atoms with Gasteiger partial charge in [-0.05, 0) is 47.4 Å². The number of carbonyl (C=O) groups is 1. The second-order valence-corrected chi connectivity index (χ2v) is 6.35. The van der Waals surface area contributed by atoms with Crippen molar-refractivity contribution in [1.29, 1.82) is 0 Å². The van der Waals surface area contributed by atoms with Crippen LogP contribution in [0.15, 0.2) is 48.5 Å².